The molecule has 2 aliphatic rings. The van der Waals surface area contributed by atoms with Crippen LogP contribution < -0.4 is 5.32 Å². The van der Waals surface area contributed by atoms with Crippen LogP contribution in [0.4, 0.5) is 0 Å². The smallest absolute Gasteiger partial charge is 0.0613 e. The zero-order valence-electron chi connectivity index (χ0n) is 12.8. The molecule has 3 nitrogen and oxygen atoms in total. The second kappa shape index (κ2) is 7.05. The van der Waals surface area contributed by atoms with Crippen molar-refractivity contribution in [1.29, 1.82) is 0 Å². The highest BCUT2D eigenvalue weighted by Gasteiger charge is 2.38. The largest absolute Gasteiger partial charge is 0.394 e. The molecule has 0 aromatic carbocycles. The van der Waals surface area contributed by atoms with Gasteiger partial charge in [-0.25, -0.2) is 0 Å². The van der Waals surface area contributed by atoms with E-state index in [1.807, 2.05) is 0 Å². The molecule has 0 radical (unpaired) electrons. The van der Waals surface area contributed by atoms with Gasteiger partial charge in [0, 0.05) is 18.1 Å². The van der Waals surface area contributed by atoms with Gasteiger partial charge in [-0.05, 0) is 57.5 Å². The number of aliphatic hydroxyl groups is 1. The van der Waals surface area contributed by atoms with Gasteiger partial charge in [-0.3, -0.25) is 0 Å². The fourth-order valence-electron chi connectivity index (χ4n) is 4.22. The molecule has 2 N–H and O–H groups in total. The number of rotatable bonds is 6. The van der Waals surface area contributed by atoms with Crippen LogP contribution in [0.2, 0.25) is 0 Å². The first-order valence-corrected chi connectivity index (χ1v) is 8.33. The molecule has 3 heteroatoms. The molecule has 112 valence electrons. The predicted octanol–water partition coefficient (Wildman–Crippen LogP) is 2.39. The molecule has 3 unspecified atom stereocenters. The number of likely N-dealkylation sites (N-methyl/N-ethyl adjacent to an activating group) is 1. The molecule has 0 bridgehead atoms. The third-order valence-electron chi connectivity index (χ3n) is 5.20. The first kappa shape index (κ1) is 15.3. The Balaban J connectivity index is 1.90. The lowest BCUT2D eigenvalue weighted by molar-refractivity contribution is 0.0684. The summed E-state index contributed by atoms with van der Waals surface area (Å²) in [6.45, 7) is 8.28. The van der Waals surface area contributed by atoms with E-state index in [1.54, 1.807) is 0 Å². The molecule has 1 aliphatic heterocycles. The zero-order chi connectivity index (χ0) is 13.7. The molecule has 0 aromatic rings. The van der Waals surface area contributed by atoms with Crippen LogP contribution in [0.15, 0.2) is 0 Å². The van der Waals surface area contributed by atoms with E-state index in [0.717, 1.165) is 25.3 Å². The second-order valence-electron chi connectivity index (χ2n) is 6.66. The lowest BCUT2D eigenvalue weighted by Crippen LogP contribution is -2.55. The van der Waals surface area contributed by atoms with Crippen LogP contribution in [0, 0.1) is 5.92 Å². The van der Waals surface area contributed by atoms with Crippen molar-refractivity contribution >= 4 is 0 Å². The Morgan fingerprint density at radius 2 is 2.16 bits per heavy atom. The van der Waals surface area contributed by atoms with E-state index < -0.39 is 0 Å². The lowest BCUT2D eigenvalue weighted by atomic mass is 9.79. The molecule has 3 atom stereocenters. The average Bonchev–Trinajstić information content (AvgIpc) is 2.88. The van der Waals surface area contributed by atoms with Crippen molar-refractivity contribution < 1.29 is 5.11 Å². The summed E-state index contributed by atoms with van der Waals surface area (Å²) in [6.07, 6.45) is 8.95. The molecule has 1 saturated heterocycles. The fraction of sp³-hybridized carbons (Fsp3) is 1.00. The summed E-state index contributed by atoms with van der Waals surface area (Å²) in [7, 11) is 0. The quantitative estimate of drug-likeness (QED) is 0.776. The van der Waals surface area contributed by atoms with Crippen LogP contribution >= 0.6 is 0 Å². The van der Waals surface area contributed by atoms with Gasteiger partial charge in [-0.1, -0.05) is 20.3 Å². The van der Waals surface area contributed by atoms with Crippen molar-refractivity contribution in [3.8, 4) is 0 Å². The summed E-state index contributed by atoms with van der Waals surface area (Å²) >= 11 is 0. The molecule has 2 rings (SSSR count). The number of likely N-dealkylation sites (tertiary alicyclic amines) is 1. The molecule has 1 saturated carbocycles. The molecule has 0 aromatic heterocycles. The van der Waals surface area contributed by atoms with Crippen LogP contribution in [0.5, 0.6) is 0 Å². The van der Waals surface area contributed by atoms with Crippen molar-refractivity contribution in [2.45, 2.75) is 70.4 Å². The fourth-order valence-corrected chi connectivity index (χ4v) is 4.22. The zero-order valence-corrected chi connectivity index (χ0v) is 12.8. The summed E-state index contributed by atoms with van der Waals surface area (Å²) in [5, 5.41) is 13.3. The van der Waals surface area contributed by atoms with Gasteiger partial charge in [0.15, 0.2) is 0 Å². The van der Waals surface area contributed by atoms with E-state index in [-0.39, 0.29) is 5.54 Å². The minimum Gasteiger partial charge on any atom is -0.394 e. The molecule has 19 heavy (non-hydrogen) atoms. The summed E-state index contributed by atoms with van der Waals surface area (Å²) in [5.74, 6) is 0.926. The number of aliphatic hydroxyl groups excluding tert-OH is 1. The van der Waals surface area contributed by atoms with Gasteiger partial charge in [0.05, 0.1) is 6.61 Å². The third-order valence-corrected chi connectivity index (χ3v) is 5.20. The van der Waals surface area contributed by atoms with Gasteiger partial charge in [0.25, 0.3) is 0 Å². The maximum atomic E-state index is 9.79. The van der Waals surface area contributed by atoms with E-state index >= 15 is 0 Å². The first-order chi connectivity index (χ1) is 9.23. The van der Waals surface area contributed by atoms with E-state index in [2.05, 4.69) is 24.1 Å². The molecule has 2 fully saturated rings. The predicted molar refractivity (Wildman–Crippen MR) is 80.3 cm³/mol. The average molecular weight is 268 g/mol. The van der Waals surface area contributed by atoms with E-state index in [1.165, 1.54) is 45.2 Å². The van der Waals surface area contributed by atoms with Gasteiger partial charge in [-0.15, -0.1) is 0 Å². The maximum Gasteiger partial charge on any atom is 0.0613 e. The first-order valence-electron chi connectivity index (χ1n) is 8.33. The molecule has 1 heterocycles. The van der Waals surface area contributed by atoms with Crippen molar-refractivity contribution in [3.63, 3.8) is 0 Å². The monoisotopic (exact) mass is 268 g/mol. The standard InChI is InChI=1S/C16H32N2O/c1-3-6-14-8-10-18(12-14)15-7-5-9-16(11-15,13-19)17-4-2/h14-15,17,19H,3-13H2,1-2H3. The normalized spacial score (nSPS) is 36.8. The summed E-state index contributed by atoms with van der Waals surface area (Å²) in [5.41, 5.74) is 0.000506. The highest BCUT2D eigenvalue weighted by molar-refractivity contribution is 4.97. The number of nitrogens with zero attached hydrogens (tertiary/aromatic N) is 1. The van der Waals surface area contributed by atoms with Gasteiger partial charge in [0.2, 0.25) is 0 Å². The Hall–Kier alpha value is -0.120. The van der Waals surface area contributed by atoms with Crippen LogP contribution in [-0.4, -0.2) is 47.8 Å². The highest BCUT2D eigenvalue weighted by atomic mass is 16.3. The summed E-state index contributed by atoms with van der Waals surface area (Å²) < 4.78 is 0. The highest BCUT2D eigenvalue weighted by Crippen LogP contribution is 2.34. The Morgan fingerprint density at radius 3 is 2.84 bits per heavy atom. The Labute approximate surface area is 118 Å². The van der Waals surface area contributed by atoms with Gasteiger partial charge in [-0.2, -0.15) is 0 Å². The van der Waals surface area contributed by atoms with Crippen LogP contribution in [0.25, 0.3) is 0 Å². The second-order valence-corrected chi connectivity index (χ2v) is 6.66. The maximum absolute atomic E-state index is 9.79. The molecule has 1 aliphatic carbocycles. The Bertz CT molecular complexity index is 267. The van der Waals surface area contributed by atoms with Crippen molar-refractivity contribution in [2.24, 2.45) is 5.92 Å². The lowest BCUT2D eigenvalue weighted by Gasteiger charge is -2.43. The van der Waals surface area contributed by atoms with Crippen molar-refractivity contribution in [1.82, 2.24) is 10.2 Å². The minimum atomic E-state index is 0.000506. The van der Waals surface area contributed by atoms with Gasteiger partial charge in [0.1, 0.15) is 0 Å². The summed E-state index contributed by atoms with van der Waals surface area (Å²) in [6, 6.07) is 0.696. The SMILES string of the molecule is CCCC1CCN(C2CCCC(CO)(NCC)C2)C1. The number of hydrogen-bond acceptors (Lipinski definition) is 3. The van der Waals surface area contributed by atoms with Crippen LogP contribution in [-0.2, 0) is 0 Å². The Kier molecular flexibility index (Phi) is 5.67. The van der Waals surface area contributed by atoms with Gasteiger partial charge >= 0.3 is 0 Å². The minimum absolute atomic E-state index is 0.000506. The van der Waals surface area contributed by atoms with Crippen LogP contribution in [0.1, 0.15) is 58.8 Å². The molecule has 0 amide bonds. The van der Waals surface area contributed by atoms with Crippen LogP contribution in [0.3, 0.4) is 0 Å². The number of hydrogen-bond donors (Lipinski definition) is 2. The van der Waals surface area contributed by atoms with Gasteiger partial charge < -0.3 is 15.3 Å². The van der Waals surface area contributed by atoms with E-state index in [4.69, 9.17) is 0 Å². The topological polar surface area (TPSA) is 35.5 Å². The van der Waals surface area contributed by atoms with Crippen molar-refractivity contribution in [2.75, 3.05) is 26.2 Å². The molecular weight excluding hydrogens is 236 g/mol. The Morgan fingerprint density at radius 1 is 1.32 bits per heavy atom. The number of nitrogens with one attached hydrogen (secondary N) is 1. The molecule has 0 spiro atoms. The van der Waals surface area contributed by atoms with Crippen molar-refractivity contribution in [3.05, 3.63) is 0 Å². The summed E-state index contributed by atoms with van der Waals surface area (Å²) in [4.78, 5) is 2.71. The third kappa shape index (κ3) is 3.71. The molecular formula is C16H32N2O. The van der Waals surface area contributed by atoms with E-state index in [0.29, 0.717) is 12.6 Å². The van der Waals surface area contributed by atoms with E-state index in [9.17, 15) is 5.11 Å².